The maximum atomic E-state index is 5.43. The molecule has 0 aliphatic heterocycles. The Morgan fingerprint density at radius 3 is 2.48 bits per heavy atom. The molecule has 25 heavy (non-hydrogen) atoms. The lowest BCUT2D eigenvalue weighted by Crippen LogP contribution is -1.96. The predicted molar refractivity (Wildman–Crippen MR) is 99.9 cm³/mol. The van der Waals surface area contributed by atoms with Crippen molar-refractivity contribution in [3.63, 3.8) is 0 Å². The van der Waals surface area contributed by atoms with Gasteiger partial charge >= 0.3 is 0 Å². The molecule has 4 rings (SSSR count). The molecule has 0 aliphatic carbocycles. The van der Waals surface area contributed by atoms with Crippen LogP contribution in [0.2, 0.25) is 0 Å². The van der Waals surface area contributed by atoms with E-state index in [4.69, 9.17) is 9.47 Å². The SMILES string of the molecule is COc1cc2nccc(Nc3cccc4cnccc34)c2cc1OC. The Morgan fingerprint density at radius 1 is 0.840 bits per heavy atom. The lowest BCUT2D eigenvalue weighted by molar-refractivity contribution is 0.356. The molecule has 2 aromatic heterocycles. The number of benzene rings is 2. The average Bonchev–Trinajstić information content (AvgIpc) is 2.67. The summed E-state index contributed by atoms with van der Waals surface area (Å²) in [5.41, 5.74) is 2.81. The molecular weight excluding hydrogens is 314 g/mol. The van der Waals surface area contributed by atoms with Crippen LogP contribution in [-0.2, 0) is 0 Å². The molecule has 0 amide bonds. The summed E-state index contributed by atoms with van der Waals surface area (Å²) in [4.78, 5) is 8.63. The van der Waals surface area contributed by atoms with Gasteiger partial charge in [-0.2, -0.15) is 0 Å². The van der Waals surface area contributed by atoms with E-state index in [2.05, 4.69) is 21.4 Å². The zero-order valence-electron chi connectivity index (χ0n) is 14.0. The van der Waals surface area contributed by atoms with Crippen molar-refractivity contribution >= 4 is 33.1 Å². The van der Waals surface area contributed by atoms with Crippen molar-refractivity contribution in [1.29, 1.82) is 0 Å². The summed E-state index contributed by atoms with van der Waals surface area (Å²) < 4.78 is 10.8. The van der Waals surface area contributed by atoms with Gasteiger partial charge < -0.3 is 14.8 Å². The average molecular weight is 331 g/mol. The summed E-state index contributed by atoms with van der Waals surface area (Å²) in [6, 6.07) is 13.9. The van der Waals surface area contributed by atoms with Gasteiger partial charge in [-0.25, -0.2) is 0 Å². The van der Waals surface area contributed by atoms with Crippen LogP contribution in [0, 0.1) is 0 Å². The molecule has 4 aromatic rings. The van der Waals surface area contributed by atoms with Crippen LogP contribution in [0.15, 0.2) is 61.1 Å². The second-order valence-electron chi connectivity index (χ2n) is 5.61. The van der Waals surface area contributed by atoms with Crippen LogP contribution in [0.3, 0.4) is 0 Å². The standard InChI is InChI=1S/C20H17N3O2/c1-24-19-10-15-17(7-9-22-18(15)11-20(19)25-2)23-16-5-3-4-13-12-21-8-6-14(13)16/h3-12H,1-2H3,(H,22,23). The van der Waals surface area contributed by atoms with Crippen molar-refractivity contribution in [2.45, 2.75) is 0 Å². The zero-order chi connectivity index (χ0) is 17.2. The second-order valence-corrected chi connectivity index (χ2v) is 5.61. The number of ether oxygens (including phenoxy) is 2. The molecule has 0 saturated carbocycles. The molecule has 0 spiro atoms. The lowest BCUT2D eigenvalue weighted by atomic mass is 10.1. The first-order valence-electron chi connectivity index (χ1n) is 7.90. The van der Waals surface area contributed by atoms with E-state index in [1.54, 1.807) is 26.6 Å². The topological polar surface area (TPSA) is 56.3 Å². The number of aromatic nitrogens is 2. The Balaban J connectivity index is 1.86. The summed E-state index contributed by atoms with van der Waals surface area (Å²) in [5.74, 6) is 1.34. The highest BCUT2D eigenvalue weighted by Crippen LogP contribution is 2.36. The van der Waals surface area contributed by atoms with Gasteiger partial charge in [-0.1, -0.05) is 12.1 Å². The molecule has 5 nitrogen and oxygen atoms in total. The number of hydrogen-bond donors (Lipinski definition) is 1. The fraction of sp³-hybridized carbons (Fsp3) is 0.100. The number of nitrogens with zero attached hydrogens (tertiary/aromatic N) is 2. The van der Waals surface area contributed by atoms with Crippen LogP contribution in [-0.4, -0.2) is 24.2 Å². The van der Waals surface area contributed by atoms with E-state index in [9.17, 15) is 0 Å². The Kier molecular flexibility index (Phi) is 3.82. The monoisotopic (exact) mass is 331 g/mol. The van der Waals surface area contributed by atoms with Crippen molar-refractivity contribution in [3.05, 3.63) is 61.1 Å². The smallest absolute Gasteiger partial charge is 0.162 e. The van der Waals surface area contributed by atoms with Crippen molar-refractivity contribution in [3.8, 4) is 11.5 Å². The highest BCUT2D eigenvalue weighted by atomic mass is 16.5. The van der Waals surface area contributed by atoms with Crippen LogP contribution in [0.25, 0.3) is 21.7 Å². The third-order valence-corrected chi connectivity index (χ3v) is 4.20. The van der Waals surface area contributed by atoms with Crippen molar-refractivity contribution in [1.82, 2.24) is 9.97 Å². The van der Waals surface area contributed by atoms with Gasteiger partial charge in [0.05, 0.1) is 19.7 Å². The van der Waals surface area contributed by atoms with Gasteiger partial charge in [0, 0.05) is 52.2 Å². The highest BCUT2D eigenvalue weighted by molar-refractivity contribution is 6.00. The van der Waals surface area contributed by atoms with Crippen LogP contribution in [0.5, 0.6) is 11.5 Å². The molecule has 2 heterocycles. The Morgan fingerprint density at radius 2 is 1.64 bits per heavy atom. The summed E-state index contributed by atoms with van der Waals surface area (Å²) in [6.45, 7) is 0. The Hall–Kier alpha value is -3.34. The van der Waals surface area contributed by atoms with Crippen molar-refractivity contribution in [2.75, 3.05) is 19.5 Å². The first kappa shape index (κ1) is 15.2. The molecule has 0 atom stereocenters. The molecule has 5 heteroatoms. The third kappa shape index (κ3) is 2.70. The molecule has 0 bridgehead atoms. The number of methoxy groups -OCH3 is 2. The fourth-order valence-corrected chi connectivity index (χ4v) is 2.96. The molecule has 2 aromatic carbocycles. The van der Waals surface area contributed by atoms with Crippen molar-refractivity contribution in [2.24, 2.45) is 0 Å². The lowest BCUT2D eigenvalue weighted by Gasteiger charge is -2.14. The molecule has 0 saturated heterocycles. The largest absolute Gasteiger partial charge is 0.493 e. The highest BCUT2D eigenvalue weighted by Gasteiger charge is 2.11. The minimum atomic E-state index is 0.663. The van der Waals surface area contributed by atoms with Gasteiger partial charge in [-0.3, -0.25) is 9.97 Å². The molecule has 124 valence electrons. The van der Waals surface area contributed by atoms with E-state index in [0.29, 0.717) is 11.5 Å². The van der Waals surface area contributed by atoms with Crippen molar-refractivity contribution < 1.29 is 9.47 Å². The maximum Gasteiger partial charge on any atom is 0.162 e. The van der Waals surface area contributed by atoms with Gasteiger partial charge in [0.25, 0.3) is 0 Å². The number of fused-ring (bicyclic) bond motifs is 2. The van der Waals surface area contributed by atoms with Gasteiger partial charge in [0.1, 0.15) is 0 Å². The molecule has 0 unspecified atom stereocenters. The summed E-state index contributed by atoms with van der Waals surface area (Å²) >= 11 is 0. The number of pyridine rings is 2. The first-order valence-corrected chi connectivity index (χ1v) is 7.90. The van der Waals surface area contributed by atoms with E-state index >= 15 is 0 Å². The van der Waals surface area contributed by atoms with Crippen LogP contribution in [0.4, 0.5) is 11.4 Å². The maximum absolute atomic E-state index is 5.43. The number of hydrogen-bond acceptors (Lipinski definition) is 5. The zero-order valence-corrected chi connectivity index (χ0v) is 14.0. The van der Waals surface area contributed by atoms with E-state index in [1.165, 1.54) is 0 Å². The van der Waals surface area contributed by atoms with Gasteiger partial charge in [0.15, 0.2) is 11.5 Å². The molecule has 1 N–H and O–H groups in total. The molecule has 0 radical (unpaired) electrons. The molecule has 0 aliphatic rings. The van der Waals surface area contributed by atoms with Crippen LogP contribution < -0.4 is 14.8 Å². The third-order valence-electron chi connectivity index (χ3n) is 4.20. The van der Waals surface area contributed by atoms with Crippen LogP contribution in [0.1, 0.15) is 0 Å². The Labute approximate surface area is 145 Å². The quantitative estimate of drug-likeness (QED) is 0.595. The van der Waals surface area contributed by atoms with E-state index in [1.807, 2.05) is 42.6 Å². The van der Waals surface area contributed by atoms with Crippen LogP contribution >= 0.6 is 0 Å². The van der Waals surface area contributed by atoms with Gasteiger partial charge in [0.2, 0.25) is 0 Å². The summed E-state index contributed by atoms with van der Waals surface area (Å²) in [7, 11) is 3.25. The van der Waals surface area contributed by atoms with E-state index in [-0.39, 0.29) is 0 Å². The number of rotatable bonds is 4. The molecular formula is C20H17N3O2. The van der Waals surface area contributed by atoms with Gasteiger partial charge in [-0.05, 0) is 24.3 Å². The summed E-state index contributed by atoms with van der Waals surface area (Å²) in [6.07, 6.45) is 5.44. The van der Waals surface area contributed by atoms with E-state index < -0.39 is 0 Å². The second kappa shape index (κ2) is 6.28. The minimum Gasteiger partial charge on any atom is -0.493 e. The predicted octanol–water partition coefficient (Wildman–Crippen LogP) is 4.54. The van der Waals surface area contributed by atoms with E-state index in [0.717, 1.165) is 33.1 Å². The fourth-order valence-electron chi connectivity index (χ4n) is 2.96. The normalized spacial score (nSPS) is 10.8. The number of nitrogens with one attached hydrogen (secondary N) is 1. The molecule has 0 fully saturated rings. The summed E-state index contributed by atoms with van der Waals surface area (Å²) in [5, 5.41) is 6.68. The Bertz CT molecular complexity index is 1060. The van der Waals surface area contributed by atoms with Gasteiger partial charge in [-0.15, -0.1) is 0 Å². The minimum absolute atomic E-state index is 0.663. The number of anilines is 2. The first-order chi connectivity index (χ1) is 12.3.